The summed E-state index contributed by atoms with van der Waals surface area (Å²) in [6, 6.07) is 5.66. The maximum absolute atomic E-state index is 9.61. The molecule has 0 saturated heterocycles. The van der Waals surface area contributed by atoms with E-state index in [1.807, 2.05) is 31.2 Å². The zero-order chi connectivity index (χ0) is 13.5. The highest BCUT2D eigenvalue weighted by molar-refractivity contribution is 5.55. The van der Waals surface area contributed by atoms with E-state index in [1.165, 1.54) is 5.57 Å². The molecule has 0 aliphatic rings. The molecule has 0 radical (unpaired) electrons. The predicted molar refractivity (Wildman–Crippen MR) is 79.7 cm³/mol. The minimum atomic E-state index is 0.368. The molecule has 0 spiro atoms. The summed E-state index contributed by atoms with van der Waals surface area (Å²) in [6.07, 6.45) is 6.73. The lowest BCUT2D eigenvalue weighted by molar-refractivity contribution is 0.469. The van der Waals surface area contributed by atoms with Crippen LogP contribution in [-0.4, -0.2) is 5.11 Å². The van der Waals surface area contributed by atoms with Gasteiger partial charge in [-0.3, -0.25) is 0 Å². The number of rotatable bonds is 6. The summed E-state index contributed by atoms with van der Waals surface area (Å²) in [4.78, 5) is 0. The highest BCUT2D eigenvalue weighted by Crippen LogP contribution is 2.20. The van der Waals surface area contributed by atoms with Crippen LogP contribution in [0.1, 0.15) is 37.8 Å². The molecule has 1 nitrogen and oxygen atoms in total. The Morgan fingerprint density at radius 2 is 2.00 bits per heavy atom. The van der Waals surface area contributed by atoms with E-state index in [0.29, 0.717) is 5.75 Å². The molecule has 1 rings (SSSR count). The van der Waals surface area contributed by atoms with Crippen molar-refractivity contribution < 1.29 is 5.11 Å². The van der Waals surface area contributed by atoms with Crippen LogP contribution < -0.4 is 0 Å². The van der Waals surface area contributed by atoms with Crippen LogP contribution >= 0.6 is 0 Å². The summed E-state index contributed by atoms with van der Waals surface area (Å²) in [5.41, 5.74) is 4.33. The summed E-state index contributed by atoms with van der Waals surface area (Å²) in [6.45, 7) is 12.1. The van der Waals surface area contributed by atoms with Crippen molar-refractivity contribution in [3.05, 3.63) is 59.7 Å². The lowest BCUT2D eigenvalue weighted by Crippen LogP contribution is -1.84. The summed E-state index contributed by atoms with van der Waals surface area (Å²) >= 11 is 0. The Balaban J connectivity index is 2.72. The van der Waals surface area contributed by atoms with E-state index >= 15 is 0 Å². The second-order valence-electron chi connectivity index (χ2n) is 4.51. The lowest BCUT2D eigenvalue weighted by Gasteiger charge is -2.04. The van der Waals surface area contributed by atoms with Crippen LogP contribution in [0.15, 0.2) is 48.6 Å². The number of hydrogen-bond acceptors (Lipinski definition) is 1. The van der Waals surface area contributed by atoms with E-state index < -0.39 is 0 Å². The van der Waals surface area contributed by atoms with Crippen molar-refractivity contribution in [3.63, 3.8) is 0 Å². The van der Waals surface area contributed by atoms with Crippen LogP contribution in [0.4, 0.5) is 0 Å². The first kappa shape index (κ1) is 14.3. The molecule has 0 heterocycles. The zero-order valence-electron chi connectivity index (χ0n) is 11.4. The van der Waals surface area contributed by atoms with Gasteiger partial charge in [-0.2, -0.15) is 0 Å². The number of allylic oxidation sites excluding steroid dienone is 3. The SMILES string of the molecule is C=C(/C=C/c1ccc(O)c(CC)c1)CC(=C)CC. The number of benzene rings is 1. The number of phenols is 1. The fourth-order valence-corrected chi connectivity index (χ4v) is 1.71. The van der Waals surface area contributed by atoms with Gasteiger partial charge in [0, 0.05) is 0 Å². The van der Waals surface area contributed by atoms with Gasteiger partial charge in [0.1, 0.15) is 5.75 Å². The van der Waals surface area contributed by atoms with Gasteiger partial charge < -0.3 is 5.11 Å². The standard InChI is InChI=1S/C17H22O/c1-5-13(3)11-14(4)7-8-15-9-10-17(18)16(6-2)12-15/h7-10,12,18H,3-6,11H2,1-2H3/b8-7+. The molecule has 0 aliphatic heterocycles. The van der Waals surface area contributed by atoms with Gasteiger partial charge in [0.15, 0.2) is 0 Å². The molecular weight excluding hydrogens is 220 g/mol. The van der Waals surface area contributed by atoms with Crippen LogP contribution in [0, 0.1) is 0 Å². The highest BCUT2D eigenvalue weighted by atomic mass is 16.3. The summed E-state index contributed by atoms with van der Waals surface area (Å²) in [5.74, 6) is 0.368. The Kier molecular flexibility index (Phi) is 5.44. The average Bonchev–Trinajstić information content (AvgIpc) is 2.37. The summed E-state index contributed by atoms with van der Waals surface area (Å²) in [7, 11) is 0. The topological polar surface area (TPSA) is 20.2 Å². The first-order chi connectivity index (χ1) is 8.56. The predicted octanol–water partition coefficient (Wildman–Crippen LogP) is 4.88. The van der Waals surface area contributed by atoms with Crippen LogP contribution in [0.2, 0.25) is 0 Å². The van der Waals surface area contributed by atoms with E-state index in [1.54, 1.807) is 6.07 Å². The van der Waals surface area contributed by atoms with Gasteiger partial charge in [-0.1, -0.05) is 56.4 Å². The monoisotopic (exact) mass is 242 g/mol. The molecule has 0 bridgehead atoms. The van der Waals surface area contributed by atoms with E-state index in [0.717, 1.165) is 36.0 Å². The Bertz CT molecular complexity index is 466. The van der Waals surface area contributed by atoms with Crippen molar-refractivity contribution in [3.8, 4) is 5.75 Å². The molecule has 1 N–H and O–H groups in total. The van der Waals surface area contributed by atoms with Crippen LogP contribution in [0.25, 0.3) is 6.08 Å². The quantitative estimate of drug-likeness (QED) is 0.556. The molecule has 0 aromatic heterocycles. The number of aromatic hydroxyl groups is 1. The molecule has 18 heavy (non-hydrogen) atoms. The molecule has 96 valence electrons. The average molecular weight is 242 g/mol. The van der Waals surface area contributed by atoms with Crippen molar-refractivity contribution >= 4 is 6.08 Å². The van der Waals surface area contributed by atoms with Crippen LogP contribution in [0.5, 0.6) is 5.75 Å². The Morgan fingerprint density at radius 3 is 2.61 bits per heavy atom. The van der Waals surface area contributed by atoms with Gasteiger partial charge in [-0.15, -0.1) is 0 Å². The third kappa shape index (κ3) is 4.25. The van der Waals surface area contributed by atoms with E-state index in [9.17, 15) is 5.11 Å². The molecule has 1 aromatic carbocycles. The Hall–Kier alpha value is -1.76. The van der Waals surface area contributed by atoms with Crippen molar-refractivity contribution in [2.24, 2.45) is 0 Å². The minimum absolute atomic E-state index is 0.368. The van der Waals surface area contributed by atoms with Crippen LogP contribution in [0.3, 0.4) is 0 Å². The Morgan fingerprint density at radius 1 is 1.28 bits per heavy atom. The van der Waals surface area contributed by atoms with E-state index in [-0.39, 0.29) is 0 Å². The number of phenolic OH excluding ortho intramolecular Hbond substituents is 1. The fraction of sp³-hybridized carbons (Fsp3) is 0.294. The smallest absolute Gasteiger partial charge is 0.118 e. The van der Waals surface area contributed by atoms with Gasteiger partial charge in [0.2, 0.25) is 0 Å². The van der Waals surface area contributed by atoms with Gasteiger partial charge in [0.25, 0.3) is 0 Å². The minimum Gasteiger partial charge on any atom is -0.508 e. The molecule has 0 aliphatic carbocycles. The second-order valence-corrected chi connectivity index (χ2v) is 4.51. The molecule has 1 aromatic rings. The largest absolute Gasteiger partial charge is 0.508 e. The molecule has 0 amide bonds. The van der Waals surface area contributed by atoms with Crippen LogP contribution in [-0.2, 0) is 6.42 Å². The lowest BCUT2D eigenvalue weighted by atomic mass is 10.0. The third-order valence-corrected chi connectivity index (χ3v) is 2.97. The number of hydrogen-bond donors (Lipinski definition) is 1. The van der Waals surface area contributed by atoms with Crippen molar-refractivity contribution in [2.75, 3.05) is 0 Å². The molecule has 0 unspecified atom stereocenters. The number of aryl methyl sites for hydroxylation is 1. The zero-order valence-corrected chi connectivity index (χ0v) is 11.4. The third-order valence-electron chi connectivity index (χ3n) is 2.97. The normalized spacial score (nSPS) is 10.8. The maximum atomic E-state index is 9.61. The van der Waals surface area contributed by atoms with Gasteiger partial charge >= 0.3 is 0 Å². The van der Waals surface area contributed by atoms with Crippen molar-refractivity contribution in [1.82, 2.24) is 0 Å². The molecular formula is C17H22O. The second kappa shape index (κ2) is 6.85. The molecule has 0 atom stereocenters. The molecule has 1 heteroatoms. The van der Waals surface area contributed by atoms with Gasteiger partial charge in [-0.05, 0) is 42.5 Å². The maximum Gasteiger partial charge on any atom is 0.118 e. The van der Waals surface area contributed by atoms with Crippen molar-refractivity contribution in [2.45, 2.75) is 33.1 Å². The van der Waals surface area contributed by atoms with Crippen molar-refractivity contribution in [1.29, 1.82) is 0 Å². The first-order valence-corrected chi connectivity index (χ1v) is 6.41. The highest BCUT2D eigenvalue weighted by Gasteiger charge is 1.99. The molecule has 0 fully saturated rings. The Labute approximate surface area is 110 Å². The van der Waals surface area contributed by atoms with E-state index in [2.05, 4.69) is 20.1 Å². The first-order valence-electron chi connectivity index (χ1n) is 6.41. The van der Waals surface area contributed by atoms with E-state index in [4.69, 9.17) is 0 Å². The van der Waals surface area contributed by atoms with Gasteiger partial charge in [-0.25, -0.2) is 0 Å². The summed E-state index contributed by atoms with van der Waals surface area (Å²) in [5, 5.41) is 9.61. The molecule has 0 saturated carbocycles. The summed E-state index contributed by atoms with van der Waals surface area (Å²) < 4.78 is 0. The fourth-order valence-electron chi connectivity index (χ4n) is 1.71. The van der Waals surface area contributed by atoms with Gasteiger partial charge in [0.05, 0.1) is 0 Å².